The number of benzene rings is 1. The first-order valence-corrected chi connectivity index (χ1v) is 7.85. The average Bonchev–Trinajstić information content (AvgIpc) is 3.07. The van der Waals surface area contributed by atoms with Crippen molar-refractivity contribution in [2.75, 3.05) is 26.7 Å². The molecule has 2 aliphatic heterocycles. The molecule has 1 saturated heterocycles. The molecule has 0 unspecified atom stereocenters. The van der Waals surface area contributed by atoms with Gasteiger partial charge in [-0.05, 0) is 31.5 Å². The molecule has 0 spiro atoms. The summed E-state index contributed by atoms with van der Waals surface area (Å²) in [5.74, 6) is -0.416. The maximum Gasteiger partial charge on any atom is 0.338 e. The summed E-state index contributed by atoms with van der Waals surface area (Å²) in [5, 5.41) is 5.62. The largest absolute Gasteiger partial charge is 0.466 e. The second kappa shape index (κ2) is 6.83. The molecule has 6 nitrogen and oxygen atoms in total. The van der Waals surface area contributed by atoms with Gasteiger partial charge in [0.1, 0.15) is 0 Å². The number of hydrogen-bond donors (Lipinski definition) is 2. The Balaban J connectivity index is 1.98. The molecular weight excluding hydrogens is 294 g/mol. The van der Waals surface area contributed by atoms with Gasteiger partial charge in [-0.3, -0.25) is 4.90 Å². The molecule has 0 bridgehead atoms. The van der Waals surface area contributed by atoms with Crippen molar-refractivity contribution in [2.24, 2.45) is 0 Å². The first-order valence-electron chi connectivity index (χ1n) is 7.85. The lowest BCUT2D eigenvalue weighted by Gasteiger charge is -2.30. The van der Waals surface area contributed by atoms with E-state index in [1.165, 1.54) is 7.11 Å². The second-order valence-corrected chi connectivity index (χ2v) is 5.81. The average molecular weight is 315 g/mol. The molecule has 122 valence electrons. The highest BCUT2D eigenvalue weighted by atomic mass is 16.5. The summed E-state index contributed by atoms with van der Waals surface area (Å²) in [7, 11) is 1.36. The highest BCUT2D eigenvalue weighted by molar-refractivity contribution is 5.95. The van der Waals surface area contributed by atoms with E-state index >= 15 is 0 Å². The van der Waals surface area contributed by atoms with Crippen molar-refractivity contribution in [3.8, 4) is 0 Å². The van der Waals surface area contributed by atoms with E-state index in [9.17, 15) is 9.59 Å². The Labute approximate surface area is 135 Å². The van der Waals surface area contributed by atoms with Crippen molar-refractivity contribution < 1.29 is 14.3 Å². The van der Waals surface area contributed by atoms with Gasteiger partial charge < -0.3 is 15.4 Å². The Morgan fingerprint density at radius 2 is 1.96 bits per heavy atom. The van der Waals surface area contributed by atoms with Gasteiger partial charge in [-0.15, -0.1) is 0 Å². The van der Waals surface area contributed by atoms with Crippen molar-refractivity contribution in [1.29, 1.82) is 0 Å². The van der Waals surface area contributed by atoms with Crippen LogP contribution in [0.3, 0.4) is 0 Å². The van der Waals surface area contributed by atoms with Crippen LogP contribution in [0.1, 0.15) is 24.4 Å². The van der Waals surface area contributed by atoms with Gasteiger partial charge in [0.05, 0.1) is 18.7 Å². The summed E-state index contributed by atoms with van der Waals surface area (Å²) in [6.45, 7) is 2.52. The summed E-state index contributed by atoms with van der Waals surface area (Å²) in [4.78, 5) is 26.7. The maximum atomic E-state index is 12.4. The first-order chi connectivity index (χ1) is 11.2. The van der Waals surface area contributed by atoms with Crippen LogP contribution in [0.5, 0.6) is 0 Å². The molecule has 1 atom stereocenters. The van der Waals surface area contributed by atoms with Gasteiger partial charge in [0.25, 0.3) is 0 Å². The SMILES string of the molecule is COC(=O)C1=C(CN2CCCC2)NC(=O)N[C@@H]1c1ccccc1. The number of nitrogens with one attached hydrogen (secondary N) is 2. The highest BCUT2D eigenvalue weighted by Crippen LogP contribution is 2.28. The molecule has 2 N–H and O–H groups in total. The molecule has 0 radical (unpaired) electrons. The number of urea groups is 1. The zero-order valence-electron chi connectivity index (χ0n) is 13.2. The number of amides is 2. The molecule has 1 fully saturated rings. The number of esters is 1. The molecule has 0 aromatic heterocycles. The van der Waals surface area contributed by atoms with Crippen molar-refractivity contribution in [3.05, 3.63) is 47.2 Å². The van der Waals surface area contributed by atoms with Crippen LogP contribution in [-0.2, 0) is 9.53 Å². The minimum absolute atomic E-state index is 0.291. The smallest absolute Gasteiger partial charge is 0.338 e. The number of hydrogen-bond acceptors (Lipinski definition) is 4. The van der Waals surface area contributed by atoms with Gasteiger partial charge in [0.15, 0.2) is 0 Å². The standard InChI is InChI=1S/C17H21N3O3/c1-23-16(21)14-13(11-20-9-5-6-10-20)18-17(22)19-15(14)12-7-3-2-4-8-12/h2-4,7-8,15H,5-6,9-11H2,1H3,(H2,18,19,22)/t15-/m1/s1. The Morgan fingerprint density at radius 1 is 1.26 bits per heavy atom. The lowest BCUT2D eigenvalue weighted by atomic mass is 9.95. The molecule has 2 aliphatic rings. The van der Waals surface area contributed by atoms with Crippen LogP contribution in [0.4, 0.5) is 4.79 Å². The van der Waals surface area contributed by atoms with Crippen molar-refractivity contribution in [2.45, 2.75) is 18.9 Å². The van der Waals surface area contributed by atoms with Gasteiger partial charge in [-0.1, -0.05) is 30.3 Å². The Hall–Kier alpha value is -2.34. The summed E-state index contributed by atoms with van der Waals surface area (Å²) in [6, 6.07) is 8.69. The minimum Gasteiger partial charge on any atom is -0.466 e. The highest BCUT2D eigenvalue weighted by Gasteiger charge is 2.34. The van der Waals surface area contributed by atoms with Crippen LogP contribution >= 0.6 is 0 Å². The summed E-state index contributed by atoms with van der Waals surface area (Å²) in [6.07, 6.45) is 2.30. The third-order valence-electron chi connectivity index (χ3n) is 4.27. The Bertz CT molecular complexity index is 621. The van der Waals surface area contributed by atoms with E-state index in [1.54, 1.807) is 0 Å². The predicted molar refractivity (Wildman–Crippen MR) is 85.6 cm³/mol. The number of likely N-dealkylation sites (tertiary alicyclic amines) is 1. The van der Waals surface area contributed by atoms with E-state index in [-0.39, 0.29) is 6.03 Å². The topological polar surface area (TPSA) is 70.7 Å². The molecule has 2 heterocycles. The third-order valence-corrected chi connectivity index (χ3v) is 4.27. The van der Waals surface area contributed by atoms with Crippen LogP contribution < -0.4 is 10.6 Å². The molecule has 0 aliphatic carbocycles. The fourth-order valence-electron chi connectivity index (χ4n) is 3.15. The minimum atomic E-state index is -0.491. The lowest BCUT2D eigenvalue weighted by molar-refractivity contribution is -0.136. The van der Waals surface area contributed by atoms with Crippen LogP contribution in [0.2, 0.25) is 0 Å². The fraction of sp³-hybridized carbons (Fsp3) is 0.412. The maximum absolute atomic E-state index is 12.4. The van der Waals surface area contributed by atoms with Gasteiger partial charge in [-0.2, -0.15) is 0 Å². The third kappa shape index (κ3) is 3.37. The molecule has 1 aromatic carbocycles. The van der Waals surface area contributed by atoms with Gasteiger partial charge in [0, 0.05) is 12.2 Å². The number of carbonyl (C=O) groups excluding carboxylic acids is 2. The van der Waals surface area contributed by atoms with Crippen LogP contribution in [0.15, 0.2) is 41.6 Å². The summed E-state index contributed by atoms with van der Waals surface area (Å²) in [5.41, 5.74) is 1.98. The van der Waals surface area contributed by atoms with E-state index < -0.39 is 12.0 Å². The number of methoxy groups -OCH3 is 1. The van der Waals surface area contributed by atoms with Crippen LogP contribution in [0, 0.1) is 0 Å². The molecule has 1 aromatic rings. The predicted octanol–water partition coefficient (Wildman–Crippen LogP) is 1.56. The van der Waals surface area contributed by atoms with Crippen LogP contribution in [-0.4, -0.2) is 43.6 Å². The molecule has 23 heavy (non-hydrogen) atoms. The van der Waals surface area contributed by atoms with E-state index in [4.69, 9.17) is 4.74 Å². The number of ether oxygens (including phenoxy) is 1. The molecule has 6 heteroatoms. The van der Waals surface area contributed by atoms with Crippen LogP contribution in [0.25, 0.3) is 0 Å². The Morgan fingerprint density at radius 3 is 2.61 bits per heavy atom. The quantitative estimate of drug-likeness (QED) is 0.827. The van der Waals surface area contributed by atoms with Gasteiger partial charge >= 0.3 is 12.0 Å². The van der Waals surface area contributed by atoms with E-state index in [0.29, 0.717) is 17.8 Å². The number of carbonyl (C=O) groups is 2. The van der Waals surface area contributed by atoms with Gasteiger partial charge in [-0.25, -0.2) is 9.59 Å². The van der Waals surface area contributed by atoms with Crippen molar-refractivity contribution in [3.63, 3.8) is 0 Å². The van der Waals surface area contributed by atoms with E-state index in [2.05, 4.69) is 15.5 Å². The van der Waals surface area contributed by atoms with Crippen molar-refractivity contribution >= 4 is 12.0 Å². The van der Waals surface area contributed by atoms with E-state index in [0.717, 1.165) is 31.5 Å². The molecular formula is C17H21N3O3. The van der Waals surface area contributed by atoms with Gasteiger partial charge in [0.2, 0.25) is 0 Å². The second-order valence-electron chi connectivity index (χ2n) is 5.81. The number of rotatable bonds is 4. The zero-order valence-corrected chi connectivity index (χ0v) is 13.2. The monoisotopic (exact) mass is 315 g/mol. The zero-order chi connectivity index (χ0) is 16.2. The molecule has 2 amide bonds. The summed E-state index contributed by atoms with van der Waals surface area (Å²) < 4.78 is 4.96. The fourth-order valence-corrected chi connectivity index (χ4v) is 3.15. The lowest BCUT2D eigenvalue weighted by Crippen LogP contribution is -2.48. The molecule has 0 saturated carbocycles. The first kappa shape index (κ1) is 15.6. The normalized spacial score (nSPS) is 21.8. The molecule has 3 rings (SSSR count). The summed E-state index contributed by atoms with van der Waals surface area (Å²) >= 11 is 0. The number of nitrogens with zero attached hydrogens (tertiary/aromatic N) is 1. The van der Waals surface area contributed by atoms with E-state index in [1.807, 2.05) is 30.3 Å². The Kier molecular flexibility index (Phi) is 4.62. The van der Waals surface area contributed by atoms with Crippen molar-refractivity contribution in [1.82, 2.24) is 15.5 Å².